The Labute approximate surface area is 107 Å². The minimum absolute atomic E-state index is 0.774. The van der Waals surface area contributed by atoms with Gasteiger partial charge in [-0.25, -0.2) is 0 Å². The van der Waals surface area contributed by atoms with Crippen molar-refractivity contribution in [1.29, 1.82) is 0 Å². The minimum atomic E-state index is 0.774. The van der Waals surface area contributed by atoms with Crippen LogP contribution in [0.15, 0.2) is 0 Å². The molecule has 0 radical (unpaired) electrons. The second kappa shape index (κ2) is 6.17. The maximum absolute atomic E-state index is 3.49. The largest absolute Gasteiger partial charge is 0.317 e. The van der Waals surface area contributed by atoms with Gasteiger partial charge in [0.05, 0.1) is 0 Å². The van der Waals surface area contributed by atoms with E-state index < -0.39 is 0 Å². The van der Waals surface area contributed by atoms with Crippen molar-refractivity contribution in [3.63, 3.8) is 0 Å². The van der Waals surface area contributed by atoms with Crippen LogP contribution in [0.1, 0.15) is 38.5 Å². The molecule has 0 aromatic heterocycles. The molecule has 2 atom stereocenters. The number of fused-ring (bicyclic) bond motifs is 2. The lowest BCUT2D eigenvalue weighted by molar-refractivity contribution is 0.0239. The fourth-order valence-electron chi connectivity index (χ4n) is 3.65. The van der Waals surface area contributed by atoms with E-state index in [-0.39, 0.29) is 0 Å². The Morgan fingerprint density at radius 1 is 1.18 bits per heavy atom. The summed E-state index contributed by atoms with van der Waals surface area (Å²) in [5.41, 5.74) is 0. The molecule has 3 nitrogen and oxygen atoms in total. The van der Waals surface area contributed by atoms with Crippen LogP contribution in [0.25, 0.3) is 0 Å². The van der Waals surface area contributed by atoms with E-state index in [1.165, 1.54) is 51.6 Å². The van der Waals surface area contributed by atoms with Crippen LogP contribution in [-0.2, 0) is 0 Å². The molecule has 0 spiro atoms. The van der Waals surface area contributed by atoms with Crippen LogP contribution in [-0.4, -0.2) is 62.2 Å². The molecule has 0 aromatic carbocycles. The predicted molar refractivity (Wildman–Crippen MR) is 73.4 cm³/mol. The second-order valence-electron chi connectivity index (χ2n) is 6.09. The molecule has 0 amide bonds. The van der Waals surface area contributed by atoms with E-state index in [0.717, 1.165) is 18.1 Å². The van der Waals surface area contributed by atoms with Crippen molar-refractivity contribution < 1.29 is 0 Å². The van der Waals surface area contributed by atoms with E-state index in [9.17, 15) is 0 Å². The zero-order chi connectivity index (χ0) is 12.3. The van der Waals surface area contributed by atoms with Gasteiger partial charge in [-0.1, -0.05) is 6.42 Å². The van der Waals surface area contributed by atoms with E-state index >= 15 is 0 Å². The van der Waals surface area contributed by atoms with E-state index in [4.69, 9.17) is 0 Å². The zero-order valence-corrected chi connectivity index (χ0v) is 11.8. The van der Waals surface area contributed by atoms with Gasteiger partial charge in [-0.05, 0) is 66.3 Å². The summed E-state index contributed by atoms with van der Waals surface area (Å²) in [6.07, 6.45) is 8.37. The van der Waals surface area contributed by atoms with Crippen molar-refractivity contribution in [2.24, 2.45) is 0 Å². The van der Waals surface area contributed by atoms with Gasteiger partial charge in [0.15, 0.2) is 0 Å². The highest BCUT2D eigenvalue weighted by molar-refractivity contribution is 4.94. The summed E-state index contributed by atoms with van der Waals surface area (Å²) in [6, 6.07) is 2.50. The number of nitrogens with one attached hydrogen (secondary N) is 1. The highest BCUT2D eigenvalue weighted by Gasteiger charge is 2.37. The Bertz CT molecular complexity index is 216. The third-order valence-corrected chi connectivity index (χ3v) is 4.56. The smallest absolute Gasteiger partial charge is 0.0113 e. The average Bonchev–Trinajstić information content (AvgIpc) is 2.27. The molecule has 0 saturated carbocycles. The fourth-order valence-corrected chi connectivity index (χ4v) is 3.65. The van der Waals surface area contributed by atoms with Gasteiger partial charge >= 0.3 is 0 Å². The Morgan fingerprint density at radius 2 is 1.82 bits per heavy atom. The molecule has 2 aliphatic heterocycles. The number of piperidine rings is 2. The topological polar surface area (TPSA) is 18.5 Å². The van der Waals surface area contributed by atoms with Crippen LogP contribution in [0, 0.1) is 0 Å². The molecule has 100 valence electrons. The fraction of sp³-hybridized carbons (Fsp3) is 1.00. The molecule has 2 rings (SSSR count). The zero-order valence-electron chi connectivity index (χ0n) is 11.8. The molecule has 3 heteroatoms. The average molecular weight is 239 g/mol. The first-order valence-corrected chi connectivity index (χ1v) is 7.28. The van der Waals surface area contributed by atoms with E-state index in [1.807, 2.05) is 0 Å². The van der Waals surface area contributed by atoms with Gasteiger partial charge in [0.2, 0.25) is 0 Å². The Balaban J connectivity index is 1.84. The van der Waals surface area contributed by atoms with Gasteiger partial charge in [-0.15, -0.1) is 0 Å². The highest BCUT2D eigenvalue weighted by Crippen LogP contribution is 2.33. The predicted octanol–water partition coefficient (Wildman–Crippen LogP) is 1.54. The third-order valence-electron chi connectivity index (χ3n) is 4.56. The molecule has 2 bridgehead atoms. The van der Waals surface area contributed by atoms with Crippen LogP contribution >= 0.6 is 0 Å². The molecular formula is C14H29N3. The summed E-state index contributed by atoms with van der Waals surface area (Å²) in [4.78, 5) is 5.12. The van der Waals surface area contributed by atoms with Crippen molar-refractivity contribution in [3.8, 4) is 0 Å². The first kappa shape index (κ1) is 13.3. The van der Waals surface area contributed by atoms with E-state index in [0.29, 0.717) is 0 Å². The first-order valence-electron chi connectivity index (χ1n) is 7.28. The van der Waals surface area contributed by atoms with Gasteiger partial charge in [0, 0.05) is 18.1 Å². The molecule has 2 aliphatic rings. The molecule has 1 N–H and O–H groups in total. The molecule has 0 aromatic rings. The van der Waals surface area contributed by atoms with Crippen LogP contribution in [0.4, 0.5) is 0 Å². The molecule has 17 heavy (non-hydrogen) atoms. The van der Waals surface area contributed by atoms with Gasteiger partial charge in [0.25, 0.3) is 0 Å². The number of hydrogen-bond acceptors (Lipinski definition) is 3. The SMILES string of the molecule is CNC1CC2CCCC(C1)N2CCCN(C)C. The van der Waals surface area contributed by atoms with Crippen molar-refractivity contribution in [2.75, 3.05) is 34.2 Å². The standard InChI is InChI=1S/C14H29N3/c1-15-12-10-13-6-4-7-14(11-12)17(13)9-5-8-16(2)3/h12-15H,4-11H2,1-3H3. The van der Waals surface area contributed by atoms with Crippen molar-refractivity contribution >= 4 is 0 Å². The lowest BCUT2D eigenvalue weighted by Gasteiger charge is -2.49. The summed E-state index contributed by atoms with van der Waals surface area (Å²) < 4.78 is 0. The lowest BCUT2D eigenvalue weighted by Crippen LogP contribution is -2.56. The number of rotatable bonds is 5. The Kier molecular flexibility index (Phi) is 4.83. The number of hydrogen-bond donors (Lipinski definition) is 1. The van der Waals surface area contributed by atoms with Gasteiger partial charge in [-0.3, -0.25) is 4.90 Å². The third kappa shape index (κ3) is 3.43. The maximum Gasteiger partial charge on any atom is 0.0113 e. The highest BCUT2D eigenvalue weighted by atomic mass is 15.2. The molecule has 2 unspecified atom stereocenters. The van der Waals surface area contributed by atoms with Crippen molar-refractivity contribution in [2.45, 2.75) is 56.7 Å². The van der Waals surface area contributed by atoms with Gasteiger partial charge in [0.1, 0.15) is 0 Å². The normalized spacial score (nSPS) is 34.2. The monoisotopic (exact) mass is 239 g/mol. The molecule has 2 saturated heterocycles. The van der Waals surface area contributed by atoms with E-state index in [2.05, 4.69) is 36.3 Å². The van der Waals surface area contributed by atoms with Crippen molar-refractivity contribution in [3.05, 3.63) is 0 Å². The Hall–Kier alpha value is -0.120. The van der Waals surface area contributed by atoms with Crippen molar-refractivity contribution in [1.82, 2.24) is 15.1 Å². The molecular weight excluding hydrogens is 210 g/mol. The lowest BCUT2D eigenvalue weighted by atomic mass is 9.81. The summed E-state index contributed by atoms with van der Waals surface area (Å²) in [7, 11) is 6.48. The Morgan fingerprint density at radius 3 is 2.35 bits per heavy atom. The summed E-state index contributed by atoms with van der Waals surface area (Å²) in [5, 5.41) is 3.49. The maximum atomic E-state index is 3.49. The quantitative estimate of drug-likeness (QED) is 0.785. The summed E-state index contributed by atoms with van der Waals surface area (Å²) in [5.74, 6) is 0. The first-order chi connectivity index (χ1) is 8.20. The van der Waals surface area contributed by atoms with Crippen LogP contribution in [0.3, 0.4) is 0 Å². The van der Waals surface area contributed by atoms with E-state index in [1.54, 1.807) is 0 Å². The minimum Gasteiger partial charge on any atom is -0.317 e. The second-order valence-corrected chi connectivity index (χ2v) is 6.09. The molecule has 2 fully saturated rings. The van der Waals surface area contributed by atoms with Crippen LogP contribution in [0.5, 0.6) is 0 Å². The summed E-state index contributed by atoms with van der Waals surface area (Å²) in [6.45, 7) is 2.54. The van der Waals surface area contributed by atoms with Crippen LogP contribution < -0.4 is 5.32 Å². The van der Waals surface area contributed by atoms with Gasteiger partial charge in [-0.2, -0.15) is 0 Å². The molecule has 2 heterocycles. The summed E-state index contributed by atoms with van der Waals surface area (Å²) >= 11 is 0. The van der Waals surface area contributed by atoms with Gasteiger partial charge < -0.3 is 10.2 Å². The van der Waals surface area contributed by atoms with Crippen LogP contribution in [0.2, 0.25) is 0 Å². The molecule has 0 aliphatic carbocycles. The number of nitrogens with zero attached hydrogens (tertiary/aromatic N) is 2.